The van der Waals surface area contributed by atoms with Gasteiger partial charge in [-0.15, -0.1) is 0 Å². The van der Waals surface area contributed by atoms with Crippen LogP contribution in [0.2, 0.25) is 5.02 Å². The molecule has 5 nitrogen and oxygen atoms in total. The van der Waals surface area contributed by atoms with Gasteiger partial charge in [-0.2, -0.15) is 0 Å². The van der Waals surface area contributed by atoms with Crippen LogP contribution in [-0.2, 0) is 4.79 Å². The summed E-state index contributed by atoms with van der Waals surface area (Å²) in [6.45, 7) is 0. The van der Waals surface area contributed by atoms with Gasteiger partial charge in [0.1, 0.15) is 5.58 Å². The fourth-order valence-corrected chi connectivity index (χ4v) is 4.74. The van der Waals surface area contributed by atoms with Crippen LogP contribution in [-0.4, -0.2) is 27.7 Å². The summed E-state index contributed by atoms with van der Waals surface area (Å²) < 4.78 is 5.74. The first kappa shape index (κ1) is 18.9. The van der Waals surface area contributed by atoms with Gasteiger partial charge in [0.25, 0.3) is 5.91 Å². The Balaban J connectivity index is 1.62. The van der Waals surface area contributed by atoms with E-state index < -0.39 is 23.5 Å². The molecule has 2 heterocycles. The van der Waals surface area contributed by atoms with Crippen LogP contribution in [0.1, 0.15) is 47.8 Å². The number of aliphatic hydroxyl groups is 1. The van der Waals surface area contributed by atoms with Crippen LogP contribution in [0.5, 0.6) is 0 Å². The molecule has 3 aromatic rings. The molecule has 5 rings (SSSR count). The number of halogens is 1. The Morgan fingerprint density at radius 3 is 2.47 bits per heavy atom. The van der Waals surface area contributed by atoms with Crippen LogP contribution in [0.4, 0.5) is 0 Å². The molecular weight excluding hydrogens is 402 g/mol. The molecule has 1 amide bonds. The van der Waals surface area contributed by atoms with E-state index in [2.05, 4.69) is 0 Å². The van der Waals surface area contributed by atoms with Gasteiger partial charge in [0, 0.05) is 16.5 Å². The molecule has 1 N–H and O–H groups in total. The lowest BCUT2D eigenvalue weighted by Gasteiger charge is -2.32. The van der Waals surface area contributed by atoms with Crippen molar-refractivity contribution in [1.29, 1.82) is 0 Å². The molecule has 30 heavy (non-hydrogen) atoms. The van der Waals surface area contributed by atoms with E-state index in [1.54, 1.807) is 41.3 Å². The van der Waals surface area contributed by atoms with E-state index in [9.17, 15) is 14.7 Å². The van der Waals surface area contributed by atoms with E-state index in [1.807, 2.05) is 18.2 Å². The van der Waals surface area contributed by atoms with Crippen LogP contribution in [0.3, 0.4) is 0 Å². The Hall–Kier alpha value is -3.05. The van der Waals surface area contributed by atoms with Crippen molar-refractivity contribution in [2.75, 3.05) is 0 Å². The van der Waals surface area contributed by atoms with Gasteiger partial charge in [-0.05, 0) is 42.7 Å². The minimum atomic E-state index is -0.668. The average Bonchev–Trinajstić information content (AvgIpc) is 3.47. The summed E-state index contributed by atoms with van der Waals surface area (Å²) in [6, 6.07) is 15.3. The maximum Gasteiger partial charge on any atom is 0.290 e. The SMILES string of the molecule is O=C(C1=C(O)C(=O)N(C2CCCC2)C1c1ccc(Cl)cc1)c1cc2ccccc2o1. The van der Waals surface area contributed by atoms with Crippen molar-refractivity contribution in [3.05, 3.63) is 82.3 Å². The Labute approximate surface area is 178 Å². The molecule has 1 saturated carbocycles. The second-order valence-corrected chi connectivity index (χ2v) is 8.28. The Bertz CT molecular complexity index is 1140. The number of nitrogens with zero attached hydrogens (tertiary/aromatic N) is 1. The van der Waals surface area contributed by atoms with Crippen LogP contribution < -0.4 is 0 Å². The predicted octanol–water partition coefficient (Wildman–Crippen LogP) is 5.61. The van der Waals surface area contributed by atoms with E-state index in [0.717, 1.165) is 36.6 Å². The molecule has 1 aromatic heterocycles. The zero-order valence-corrected chi connectivity index (χ0v) is 16.9. The van der Waals surface area contributed by atoms with Gasteiger partial charge < -0.3 is 14.4 Å². The normalized spacial score (nSPS) is 20.0. The Morgan fingerprint density at radius 1 is 1.07 bits per heavy atom. The molecule has 0 bridgehead atoms. The van der Waals surface area contributed by atoms with Crippen molar-refractivity contribution in [2.45, 2.75) is 37.8 Å². The van der Waals surface area contributed by atoms with E-state index in [0.29, 0.717) is 10.6 Å². The van der Waals surface area contributed by atoms with E-state index in [-0.39, 0.29) is 17.4 Å². The number of aliphatic hydroxyl groups excluding tert-OH is 1. The Kier molecular flexibility index (Phi) is 4.63. The van der Waals surface area contributed by atoms with Gasteiger partial charge in [0.15, 0.2) is 11.5 Å². The summed E-state index contributed by atoms with van der Waals surface area (Å²) >= 11 is 6.06. The average molecular weight is 422 g/mol. The molecule has 1 aliphatic heterocycles. The summed E-state index contributed by atoms with van der Waals surface area (Å²) in [5.41, 5.74) is 1.39. The zero-order valence-electron chi connectivity index (χ0n) is 16.2. The van der Waals surface area contributed by atoms with Crippen LogP contribution in [0.25, 0.3) is 11.0 Å². The number of Topliss-reactive ketones (excluding diaryl/α,β-unsaturated/α-hetero) is 1. The lowest BCUT2D eigenvalue weighted by atomic mass is 9.94. The summed E-state index contributed by atoms with van der Waals surface area (Å²) in [4.78, 5) is 28.2. The van der Waals surface area contributed by atoms with Crippen molar-refractivity contribution < 1.29 is 19.1 Å². The minimum Gasteiger partial charge on any atom is -0.503 e. The number of amides is 1. The predicted molar refractivity (Wildman–Crippen MR) is 113 cm³/mol. The van der Waals surface area contributed by atoms with Crippen molar-refractivity contribution in [2.24, 2.45) is 0 Å². The highest BCUT2D eigenvalue weighted by molar-refractivity contribution is 6.30. The number of ketones is 1. The van der Waals surface area contributed by atoms with Crippen LogP contribution in [0.15, 0.2) is 70.3 Å². The lowest BCUT2D eigenvalue weighted by Crippen LogP contribution is -2.38. The largest absolute Gasteiger partial charge is 0.503 e. The summed E-state index contributed by atoms with van der Waals surface area (Å²) in [7, 11) is 0. The lowest BCUT2D eigenvalue weighted by molar-refractivity contribution is -0.131. The number of hydrogen-bond acceptors (Lipinski definition) is 4. The topological polar surface area (TPSA) is 70.8 Å². The highest BCUT2D eigenvalue weighted by Crippen LogP contribution is 2.43. The quantitative estimate of drug-likeness (QED) is 0.556. The first-order valence-corrected chi connectivity index (χ1v) is 10.5. The standard InChI is InChI=1S/C24H20ClNO4/c25-16-11-9-14(10-12-16)21-20(23(28)24(29)26(21)17-6-2-3-7-17)22(27)19-13-15-5-1-4-8-18(15)30-19/h1,4-5,8-13,17,21,28H,2-3,6-7H2. The molecule has 6 heteroatoms. The van der Waals surface area contributed by atoms with Crippen molar-refractivity contribution in [3.63, 3.8) is 0 Å². The molecule has 1 atom stereocenters. The molecule has 2 aliphatic rings. The summed E-state index contributed by atoms with van der Waals surface area (Å²) in [6.07, 6.45) is 3.76. The van der Waals surface area contributed by atoms with Gasteiger partial charge in [-0.3, -0.25) is 9.59 Å². The molecule has 1 aliphatic carbocycles. The number of fused-ring (bicyclic) bond motifs is 1. The zero-order chi connectivity index (χ0) is 20.8. The number of benzene rings is 2. The summed E-state index contributed by atoms with van der Waals surface area (Å²) in [5.74, 6) is -1.36. The van der Waals surface area contributed by atoms with Crippen LogP contribution >= 0.6 is 11.6 Å². The number of hydrogen-bond donors (Lipinski definition) is 1. The third-order valence-electron chi connectivity index (χ3n) is 6.04. The van der Waals surface area contributed by atoms with Crippen molar-refractivity contribution >= 4 is 34.3 Å². The van der Waals surface area contributed by atoms with E-state index in [1.165, 1.54) is 0 Å². The molecule has 0 saturated heterocycles. The third-order valence-corrected chi connectivity index (χ3v) is 6.29. The smallest absolute Gasteiger partial charge is 0.290 e. The first-order valence-electron chi connectivity index (χ1n) is 10.1. The molecule has 2 aromatic carbocycles. The molecule has 0 radical (unpaired) electrons. The maximum absolute atomic E-state index is 13.5. The molecule has 152 valence electrons. The molecular formula is C24H20ClNO4. The van der Waals surface area contributed by atoms with Gasteiger partial charge in [-0.25, -0.2) is 0 Å². The highest BCUT2D eigenvalue weighted by atomic mass is 35.5. The highest BCUT2D eigenvalue weighted by Gasteiger charge is 2.47. The van der Waals surface area contributed by atoms with Crippen molar-refractivity contribution in [3.8, 4) is 0 Å². The van der Waals surface area contributed by atoms with Gasteiger partial charge >= 0.3 is 0 Å². The summed E-state index contributed by atoms with van der Waals surface area (Å²) in [5, 5.41) is 12.1. The fraction of sp³-hybridized carbons (Fsp3) is 0.250. The van der Waals surface area contributed by atoms with E-state index >= 15 is 0 Å². The number of furan rings is 1. The monoisotopic (exact) mass is 421 g/mol. The van der Waals surface area contributed by atoms with Gasteiger partial charge in [0.05, 0.1) is 11.6 Å². The maximum atomic E-state index is 13.5. The van der Waals surface area contributed by atoms with Gasteiger partial charge in [-0.1, -0.05) is 54.8 Å². The number of carbonyl (C=O) groups excluding carboxylic acids is 2. The molecule has 1 unspecified atom stereocenters. The second-order valence-electron chi connectivity index (χ2n) is 7.84. The fourth-order valence-electron chi connectivity index (χ4n) is 4.61. The van der Waals surface area contributed by atoms with Gasteiger partial charge in [0.2, 0.25) is 5.78 Å². The molecule has 0 spiro atoms. The van der Waals surface area contributed by atoms with E-state index in [4.69, 9.17) is 16.0 Å². The first-order chi connectivity index (χ1) is 14.5. The minimum absolute atomic E-state index is 0.0127. The number of rotatable bonds is 4. The van der Waals surface area contributed by atoms with Crippen LogP contribution in [0, 0.1) is 0 Å². The second kappa shape index (κ2) is 7.33. The van der Waals surface area contributed by atoms with Crippen molar-refractivity contribution in [1.82, 2.24) is 4.90 Å². The number of para-hydroxylation sites is 1. The number of carbonyl (C=O) groups is 2. The third kappa shape index (κ3) is 3.01. The molecule has 1 fully saturated rings. The Morgan fingerprint density at radius 2 is 1.77 bits per heavy atom.